The first kappa shape index (κ1) is 15.7. The number of nitrogens with zero attached hydrogens (tertiary/aromatic N) is 1. The Hall–Kier alpha value is -1.71. The zero-order chi connectivity index (χ0) is 15.2. The third-order valence-corrected chi connectivity index (χ3v) is 3.93. The zero-order valence-corrected chi connectivity index (χ0v) is 12.7. The van der Waals surface area contributed by atoms with Gasteiger partial charge in [-0.05, 0) is 30.7 Å². The molecule has 2 rings (SSSR count). The van der Waals surface area contributed by atoms with Crippen LogP contribution < -0.4 is 5.73 Å². The van der Waals surface area contributed by atoms with Crippen molar-refractivity contribution in [3.05, 3.63) is 71.0 Å². The Morgan fingerprint density at radius 1 is 1.05 bits per heavy atom. The average Bonchev–Trinajstić information content (AvgIpc) is 2.51. The van der Waals surface area contributed by atoms with Gasteiger partial charge in [0, 0.05) is 24.7 Å². The van der Waals surface area contributed by atoms with Gasteiger partial charge < -0.3 is 5.73 Å². The Bertz CT molecular complexity index is 583. The van der Waals surface area contributed by atoms with Crippen LogP contribution in [0.4, 0.5) is 4.39 Å². The van der Waals surface area contributed by atoms with Crippen LogP contribution in [0.1, 0.15) is 29.7 Å². The molecule has 0 bridgehead atoms. The lowest BCUT2D eigenvalue weighted by Crippen LogP contribution is -2.31. The predicted molar refractivity (Wildman–Crippen MR) is 85.5 cm³/mol. The smallest absolute Gasteiger partial charge is 0.127 e. The van der Waals surface area contributed by atoms with Crippen molar-refractivity contribution in [2.45, 2.75) is 25.9 Å². The van der Waals surface area contributed by atoms with Gasteiger partial charge in [0.1, 0.15) is 5.82 Å². The molecule has 1 atom stereocenters. The molecule has 3 heteroatoms. The lowest BCUT2D eigenvalue weighted by Gasteiger charge is -2.29. The molecule has 0 aliphatic heterocycles. The summed E-state index contributed by atoms with van der Waals surface area (Å²) in [4.78, 5) is 2.12. The highest BCUT2D eigenvalue weighted by Gasteiger charge is 2.18. The molecule has 0 aromatic heterocycles. The van der Waals surface area contributed by atoms with E-state index in [1.807, 2.05) is 31.3 Å². The summed E-state index contributed by atoms with van der Waals surface area (Å²) in [5.74, 6) is -0.163. The van der Waals surface area contributed by atoms with E-state index in [9.17, 15) is 4.39 Å². The molecule has 0 amide bonds. The summed E-state index contributed by atoms with van der Waals surface area (Å²) < 4.78 is 13.8. The van der Waals surface area contributed by atoms with Gasteiger partial charge in [-0.1, -0.05) is 49.4 Å². The number of nitrogens with two attached hydrogens (primary N) is 1. The molecule has 2 aromatic carbocycles. The molecule has 0 spiro atoms. The van der Waals surface area contributed by atoms with Crippen molar-refractivity contribution >= 4 is 0 Å². The minimum atomic E-state index is -0.163. The molecule has 1 unspecified atom stereocenters. The summed E-state index contributed by atoms with van der Waals surface area (Å²) in [7, 11) is 2.00. The van der Waals surface area contributed by atoms with Crippen LogP contribution in [0.5, 0.6) is 0 Å². The van der Waals surface area contributed by atoms with Crippen molar-refractivity contribution in [2.24, 2.45) is 5.73 Å². The van der Waals surface area contributed by atoms with Gasteiger partial charge in [0.25, 0.3) is 0 Å². The second-order valence-corrected chi connectivity index (χ2v) is 5.31. The fourth-order valence-electron chi connectivity index (χ4n) is 2.73. The van der Waals surface area contributed by atoms with Crippen LogP contribution in [-0.4, -0.2) is 18.5 Å². The molecule has 112 valence electrons. The van der Waals surface area contributed by atoms with Crippen molar-refractivity contribution in [3.8, 4) is 0 Å². The summed E-state index contributed by atoms with van der Waals surface area (Å²) in [5.41, 5.74) is 9.22. The summed E-state index contributed by atoms with van der Waals surface area (Å²) in [5, 5.41) is 0. The Morgan fingerprint density at radius 2 is 1.67 bits per heavy atom. The first-order valence-electron chi connectivity index (χ1n) is 7.38. The summed E-state index contributed by atoms with van der Waals surface area (Å²) >= 11 is 0. The maximum atomic E-state index is 13.8. The first-order chi connectivity index (χ1) is 10.2. The Balaban J connectivity index is 2.23. The van der Waals surface area contributed by atoms with E-state index >= 15 is 0 Å². The van der Waals surface area contributed by atoms with Gasteiger partial charge in [-0.2, -0.15) is 0 Å². The van der Waals surface area contributed by atoms with Crippen LogP contribution in [0.25, 0.3) is 0 Å². The van der Waals surface area contributed by atoms with E-state index < -0.39 is 0 Å². The van der Waals surface area contributed by atoms with E-state index in [1.165, 1.54) is 17.2 Å². The largest absolute Gasteiger partial charge is 0.329 e. The molecule has 0 fully saturated rings. The highest BCUT2D eigenvalue weighted by atomic mass is 19.1. The van der Waals surface area contributed by atoms with Crippen molar-refractivity contribution in [1.29, 1.82) is 0 Å². The topological polar surface area (TPSA) is 29.3 Å². The van der Waals surface area contributed by atoms with Crippen LogP contribution in [0.2, 0.25) is 0 Å². The second kappa shape index (κ2) is 7.34. The minimum absolute atomic E-state index is 0.0979. The highest BCUT2D eigenvalue weighted by molar-refractivity contribution is 5.30. The molecule has 0 heterocycles. The number of halogens is 1. The van der Waals surface area contributed by atoms with E-state index in [4.69, 9.17) is 5.73 Å². The predicted octanol–water partition coefficient (Wildman–Crippen LogP) is 3.52. The molecule has 0 saturated carbocycles. The summed E-state index contributed by atoms with van der Waals surface area (Å²) in [6.45, 7) is 3.21. The third kappa shape index (κ3) is 3.69. The Morgan fingerprint density at radius 3 is 2.29 bits per heavy atom. The van der Waals surface area contributed by atoms with E-state index in [0.29, 0.717) is 18.7 Å². The summed E-state index contributed by atoms with van der Waals surface area (Å²) in [6.07, 6.45) is 0.972. The molecular formula is C18H23FN2. The molecule has 21 heavy (non-hydrogen) atoms. The average molecular weight is 286 g/mol. The van der Waals surface area contributed by atoms with Crippen LogP contribution in [-0.2, 0) is 13.0 Å². The lowest BCUT2D eigenvalue weighted by molar-refractivity contribution is 0.237. The molecule has 2 nitrogen and oxygen atoms in total. The number of hydrogen-bond acceptors (Lipinski definition) is 2. The number of likely N-dealkylation sites (N-methyl/N-ethyl adjacent to an activating group) is 1. The maximum Gasteiger partial charge on any atom is 0.127 e. The number of benzene rings is 2. The molecule has 0 aliphatic carbocycles. The second-order valence-electron chi connectivity index (χ2n) is 5.31. The normalized spacial score (nSPS) is 12.6. The fraction of sp³-hybridized carbons (Fsp3) is 0.333. The van der Waals surface area contributed by atoms with Gasteiger partial charge in [-0.15, -0.1) is 0 Å². The van der Waals surface area contributed by atoms with Gasteiger partial charge in [0.15, 0.2) is 0 Å². The monoisotopic (exact) mass is 286 g/mol. The van der Waals surface area contributed by atoms with E-state index in [1.54, 1.807) is 6.07 Å². The molecule has 0 saturated heterocycles. The van der Waals surface area contributed by atoms with Gasteiger partial charge in [0.2, 0.25) is 0 Å². The van der Waals surface area contributed by atoms with Gasteiger partial charge in [0.05, 0.1) is 0 Å². The van der Waals surface area contributed by atoms with Gasteiger partial charge in [-0.3, -0.25) is 4.90 Å². The fourth-order valence-corrected chi connectivity index (χ4v) is 2.73. The number of hydrogen-bond donors (Lipinski definition) is 1. The van der Waals surface area contributed by atoms with Gasteiger partial charge >= 0.3 is 0 Å². The Labute approximate surface area is 126 Å². The molecule has 0 aliphatic rings. The van der Waals surface area contributed by atoms with Gasteiger partial charge in [-0.25, -0.2) is 4.39 Å². The molecule has 2 aromatic rings. The van der Waals surface area contributed by atoms with Crippen LogP contribution in [0.15, 0.2) is 48.5 Å². The number of aryl methyl sites for hydroxylation is 1. The van der Waals surface area contributed by atoms with Crippen LogP contribution >= 0.6 is 0 Å². The lowest BCUT2D eigenvalue weighted by atomic mass is 9.97. The highest BCUT2D eigenvalue weighted by Crippen LogP contribution is 2.24. The standard InChI is InChI=1S/C18H23FN2/c1-3-14-8-4-6-10-16(14)18(12-20)21(2)13-15-9-5-7-11-17(15)19/h4-11,18H,3,12-13,20H2,1-2H3. The minimum Gasteiger partial charge on any atom is -0.329 e. The van der Waals surface area contributed by atoms with E-state index in [-0.39, 0.29) is 11.9 Å². The molecular weight excluding hydrogens is 263 g/mol. The zero-order valence-electron chi connectivity index (χ0n) is 12.7. The Kier molecular flexibility index (Phi) is 5.48. The molecule has 0 radical (unpaired) electrons. The van der Waals surface area contributed by atoms with E-state index in [2.05, 4.69) is 24.0 Å². The molecule has 2 N–H and O–H groups in total. The quantitative estimate of drug-likeness (QED) is 0.880. The van der Waals surface area contributed by atoms with Crippen molar-refractivity contribution in [2.75, 3.05) is 13.6 Å². The van der Waals surface area contributed by atoms with E-state index in [0.717, 1.165) is 6.42 Å². The first-order valence-corrected chi connectivity index (χ1v) is 7.38. The van der Waals surface area contributed by atoms with Crippen LogP contribution in [0, 0.1) is 5.82 Å². The third-order valence-electron chi connectivity index (χ3n) is 3.93. The van der Waals surface area contributed by atoms with Crippen molar-refractivity contribution < 1.29 is 4.39 Å². The maximum absolute atomic E-state index is 13.8. The number of rotatable bonds is 6. The van der Waals surface area contributed by atoms with Crippen LogP contribution in [0.3, 0.4) is 0 Å². The van der Waals surface area contributed by atoms with Crippen molar-refractivity contribution in [3.63, 3.8) is 0 Å². The summed E-state index contributed by atoms with van der Waals surface area (Å²) in [6, 6.07) is 15.3. The van der Waals surface area contributed by atoms with Crippen molar-refractivity contribution in [1.82, 2.24) is 4.90 Å². The SMILES string of the molecule is CCc1ccccc1C(CN)N(C)Cc1ccccc1F.